The monoisotopic (exact) mass is 281 g/mol. The maximum Gasteiger partial charge on any atom is 0.131 e. The van der Waals surface area contributed by atoms with Crippen molar-refractivity contribution >= 4 is 11.3 Å². The van der Waals surface area contributed by atoms with Gasteiger partial charge in [-0.25, -0.2) is 4.98 Å². The number of aryl methyl sites for hydroxylation is 1. The number of aliphatic hydroxyl groups is 1. The second-order valence-corrected chi connectivity index (χ2v) is 5.64. The van der Waals surface area contributed by atoms with Gasteiger partial charge in [0.1, 0.15) is 11.1 Å². The molecule has 0 amide bonds. The van der Waals surface area contributed by atoms with Crippen LogP contribution in [0.25, 0.3) is 11.3 Å². The minimum absolute atomic E-state index is 0.652. The van der Waals surface area contributed by atoms with E-state index in [0.29, 0.717) is 0 Å². The van der Waals surface area contributed by atoms with Crippen molar-refractivity contribution in [2.75, 3.05) is 0 Å². The van der Waals surface area contributed by atoms with Crippen LogP contribution in [0.5, 0.6) is 0 Å². The van der Waals surface area contributed by atoms with Crippen LogP contribution in [0.1, 0.15) is 22.2 Å². The molecule has 1 unspecified atom stereocenters. The molecule has 0 fully saturated rings. The van der Waals surface area contributed by atoms with Gasteiger partial charge in [-0.15, -0.1) is 11.3 Å². The summed E-state index contributed by atoms with van der Waals surface area (Å²) in [5.74, 6) is 0. The van der Waals surface area contributed by atoms with Crippen LogP contribution in [0, 0.1) is 6.92 Å². The Morgan fingerprint density at radius 2 is 1.70 bits per heavy atom. The Balaban J connectivity index is 1.89. The first kappa shape index (κ1) is 13.0. The Morgan fingerprint density at radius 1 is 1.00 bits per heavy atom. The zero-order valence-electron chi connectivity index (χ0n) is 11.2. The van der Waals surface area contributed by atoms with Crippen LogP contribution < -0.4 is 0 Å². The molecule has 1 heterocycles. The standard InChI is InChI=1S/C17H15NOS/c1-12-7-9-13(10-8-12)15-11-20-17(18-15)16(19)14-5-3-2-4-6-14/h2-11,16,19H,1H3. The molecule has 100 valence electrons. The molecule has 3 heteroatoms. The molecule has 0 saturated heterocycles. The van der Waals surface area contributed by atoms with Gasteiger partial charge >= 0.3 is 0 Å². The molecule has 1 aromatic heterocycles. The molecule has 0 aliphatic heterocycles. The highest BCUT2D eigenvalue weighted by Crippen LogP contribution is 2.29. The summed E-state index contributed by atoms with van der Waals surface area (Å²) in [4.78, 5) is 4.55. The topological polar surface area (TPSA) is 33.1 Å². The summed E-state index contributed by atoms with van der Waals surface area (Å²) in [7, 11) is 0. The normalized spacial score (nSPS) is 12.3. The fourth-order valence-electron chi connectivity index (χ4n) is 2.05. The molecular formula is C17H15NOS. The highest BCUT2D eigenvalue weighted by Gasteiger charge is 2.14. The third-order valence-electron chi connectivity index (χ3n) is 3.22. The second-order valence-electron chi connectivity index (χ2n) is 4.75. The number of aromatic nitrogens is 1. The first-order chi connectivity index (χ1) is 9.74. The second kappa shape index (κ2) is 5.57. The molecule has 2 aromatic carbocycles. The van der Waals surface area contributed by atoms with Crippen LogP contribution in [0.2, 0.25) is 0 Å². The van der Waals surface area contributed by atoms with Crippen LogP contribution in [0.3, 0.4) is 0 Å². The number of benzene rings is 2. The van der Waals surface area contributed by atoms with Crippen molar-refractivity contribution in [1.29, 1.82) is 0 Å². The van der Waals surface area contributed by atoms with E-state index < -0.39 is 6.10 Å². The Labute approximate surface area is 122 Å². The quantitative estimate of drug-likeness (QED) is 0.780. The lowest BCUT2D eigenvalue weighted by molar-refractivity contribution is 0.220. The first-order valence-electron chi connectivity index (χ1n) is 6.49. The number of nitrogens with zero attached hydrogens (tertiary/aromatic N) is 1. The van der Waals surface area contributed by atoms with Gasteiger partial charge in [0.05, 0.1) is 5.69 Å². The zero-order valence-corrected chi connectivity index (χ0v) is 12.0. The average molecular weight is 281 g/mol. The van der Waals surface area contributed by atoms with Gasteiger partial charge in [0.15, 0.2) is 0 Å². The molecule has 3 rings (SSSR count). The number of thiazole rings is 1. The Kier molecular flexibility index (Phi) is 3.63. The fourth-order valence-corrected chi connectivity index (χ4v) is 2.89. The third-order valence-corrected chi connectivity index (χ3v) is 4.12. The molecule has 0 spiro atoms. The van der Waals surface area contributed by atoms with E-state index in [9.17, 15) is 5.11 Å². The SMILES string of the molecule is Cc1ccc(-c2csc(C(O)c3ccccc3)n2)cc1. The van der Waals surface area contributed by atoms with E-state index in [1.807, 2.05) is 35.7 Å². The summed E-state index contributed by atoms with van der Waals surface area (Å²) in [5, 5.41) is 13.1. The molecule has 0 radical (unpaired) electrons. The van der Waals surface area contributed by atoms with Crippen molar-refractivity contribution in [3.8, 4) is 11.3 Å². The molecule has 0 aliphatic rings. The molecule has 0 bridgehead atoms. The lowest BCUT2D eigenvalue weighted by Gasteiger charge is -2.06. The van der Waals surface area contributed by atoms with Crippen molar-refractivity contribution in [2.45, 2.75) is 13.0 Å². The number of rotatable bonds is 3. The number of aliphatic hydroxyl groups excluding tert-OH is 1. The molecule has 0 aliphatic carbocycles. The smallest absolute Gasteiger partial charge is 0.131 e. The Hall–Kier alpha value is -1.97. The van der Waals surface area contributed by atoms with Crippen molar-refractivity contribution < 1.29 is 5.11 Å². The van der Waals surface area contributed by atoms with Crippen molar-refractivity contribution in [1.82, 2.24) is 4.98 Å². The minimum Gasteiger partial charge on any atom is -0.381 e. The number of hydrogen-bond donors (Lipinski definition) is 1. The molecule has 20 heavy (non-hydrogen) atoms. The van der Waals surface area contributed by atoms with Crippen LogP contribution in [-0.4, -0.2) is 10.1 Å². The van der Waals surface area contributed by atoms with Gasteiger partial charge in [0, 0.05) is 10.9 Å². The third kappa shape index (κ3) is 2.64. The van der Waals surface area contributed by atoms with E-state index in [4.69, 9.17) is 0 Å². The molecule has 1 atom stereocenters. The highest BCUT2D eigenvalue weighted by molar-refractivity contribution is 7.10. The van der Waals surface area contributed by atoms with E-state index in [0.717, 1.165) is 21.8 Å². The lowest BCUT2D eigenvalue weighted by atomic mass is 10.1. The molecule has 2 nitrogen and oxygen atoms in total. The molecule has 1 N–H and O–H groups in total. The van der Waals surface area contributed by atoms with Gasteiger partial charge in [-0.3, -0.25) is 0 Å². The van der Waals surface area contributed by atoms with Crippen molar-refractivity contribution in [3.63, 3.8) is 0 Å². The van der Waals surface area contributed by atoms with E-state index in [1.54, 1.807) is 0 Å². The van der Waals surface area contributed by atoms with Crippen LogP contribution in [-0.2, 0) is 0 Å². The first-order valence-corrected chi connectivity index (χ1v) is 7.37. The predicted octanol–water partition coefficient (Wildman–Crippen LogP) is 4.20. The van der Waals surface area contributed by atoms with Crippen LogP contribution in [0.15, 0.2) is 60.0 Å². The van der Waals surface area contributed by atoms with Gasteiger partial charge in [-0.1, -0.05) is 60.2 Å². The van der Waals surface area contributed by atoms with Gasteiger partial charge < -0.3 is 5.11 Å². The van der Waals surface area contributed by atoms with Gasteiger partial charge in [-0.2, -0.15) is 0 Å². The average Bonchev–Trinajstić information content (AvgIpc) is 2.98. The lowest BCUT2D eigenvalue weighted by Crippen LogP contribution is -1.98. The summed E-state index contributed by atoms with van der Waals surface area (Å²) in [6.45, 7) is 2.06. The zero-order chi connectivity index (χ0) is 13.9. The minimum atomic E-state index is -0.652. The summed E-state index contributed by atoms with van der Waals surface area (Å²) in [6, 6.07) is 17.9. The maximum absolute atomic E-state index is 10.3. The largest absolute Gasteiger partial charge is 0.381 e. The van der Waals surface area contributed by atoms with E-state index in [1.165, 1.54) is 16.9 Å². The van der Waals surface area contributed by atoms with Gasteiger partial charge in [0.25, 0.3) is 0 Å². The maximum atomic E-state index is 10.3. The number of hydrogen-bond acceptors (Lipinski definition) is 3. The van der Waals surface area contributed by atoms with Gasteiger partial charge in [0.2, 0.25) is 0 Å². The van der Waals surface area contributed by atoms with E-state index >= 15 is 0 Å². The van der Waals surface area contributed by atoms with E-state index in [-0.39, 0.29) is 0 Å². The summed E-state index contributed by atoms with van der Waals surface area (Å²) in [6.07, 6.45) is -0.652. The van der Waals surface area contributed by atoms with Crippen LogP contribution in [0.4, 0.5) is 0 Å². The summed E-state index contributed by atoms with van der Waals surface area (Å²) in [5.41, 5.74) is 4.10. The van der Waals surface area contributed by atoms with Crippen LogP contribution >= 0.6 is 11.3 Å². The predicted molar refractivity (Wildman–Crippen MR) is 82.8 cm³/mol. The highest BCUT2D eigenvalue weighted by atomic mass is 32.1. The van der Waals surface area contributed by atoms with E-state index in [2.05, 4.69) is 36.2 Å². The molecule has 3 aromatic rings. The Morgan fingerprint density at radius 3 is 2.40 bits per heavy atom. The molecule has 0 saturated carbocycles. The summed E-state index contributed by atoms with van der Waals surface area (Å²) < 4.78 is 0. The molecular weight excluding hydrogens is 266 g/mol. The van der Waals surface area contributed by atoms with Crippen molar-refractivity contribution in [2.24, 2.45) is 0 Å². The van der Waals surface area contributed by atoms with Gasteiger partial charge in [-0.05, 0) is 12.5 Å². The summed E-state index contributed by atoms with van der Waals surface area (Å²) >= 11 is 1.49. The fraction of sp³-hybridized carbons (Fsp3) is 0.118. The van der Waals surface area contributed by atoms with Crippen molar-refractivity contribution in [3.05, 3.63) is 76.1 Å². The Bertz CT molecular complexity index is 689.